The maximum absolute atomic E-state index is 12.7. The van der Waals surface area contributed by atoms with Crippen LogP contribution in [0.15, 0.2) is 42.5 Å². The SMILES string of the molecule is CC(C)c1cc(C=O)cc(Cc2cccc(C(F)(F)F)c2)c1. The summed E-state index contributed by atoms with van der Waals surface area (Å²) in [6, 6.07) is 10.8. The number of rotatable bonds is 4. The van der Waals surface area contributed by atoms with Crippen LogP contribution in [0.2, 0.25) is 0 Å². The van der Waals surface area contributed by atoms with Crippen LogP contribution in [0.3, 0.4) is 0 Å². The van der Waals surface area contributed by atoms with Crippen LogP contribution in [0.25, 0.3) is 0 Å². The molecule has 2 aromatic carbocycles. The predicted octanol–water partition coefficient (Wildman–Crippen LogP) is 5.23. The average Bonchev–Trinajstić information content (AvgIpc) is 2.46. The van der Waals surface area contributed by atoms with Gasteiger partial charge in [0, 0.05) is 5.56 Å². The zero-order valence-corrected chi connectivity index (χ0v) is 12.4. The van der Waals surface area contributed by atoms with Crippen molar-refractivity contribution in [3.63, 3.8) is 0 Å². The van der Waals surface area contributed by atoms with Crippen LogP contribution in [0, 0.1) is 0 Å². The maximum Gasteiger partial charge on any atom is 0.416 e. The van der Waals surface area contributed by atoms with Gasteiger partial charge in [-0.25, -0.2) is 0 Å². The van der Waals surface area contributed by atoms with Gasteiger partial charge in [0.2, 0.25) is 0 Å². The molecule has 0 unspecified atom stereocenters. The second kappa shape index (κ2) is 6.34. The van der Waals surface area contributed by atoms with E-state index in [4.69, 9.17) is 0 Å². The highest BCUT2D eigenvalue weighted by Crippen LogP contribution is 2.30. The van der Waals surface area contributed by atoms with Gasteiger partial charge >= 0.3 is 6.18 Å². The Morgan fingerprint density at radius 1 is 1.05 bits per heavy atom. The number of hydrogen-bond acceptors (Lipinski definition) is 1. The minimum Gasteiger partial charge on any atom is -0.298 e. The number of alkyl halides is 3. The van der Waals surface area contributed by atoms with Crippen LogP contribution in [-0.4, -0.2) is 6.29 Å². The minimum absolute atomic E-state index is 0.250. The smallest absolute Gasteiger partial charge is 0.298 e. The summed E-state index contributed by atoms with van der Waals surface area (Å²) >= 11 is 0. The molecule has 2 aromatic rings. The van der Waals surface area contributed by atoms with E-state index in [-0.39, 0.29) is 5.92 Å². The van der Waals surface area contributed by atoms with E-state index in [1.165, 1.54) is 6.07 Å². The number of halogens is 3. The lowest BCUT2D eigenvalue weighted by molar-refractivity contribution is -0.137. The quantitative estimate of drug-likeness (QED) is 0.707. The predicted molar refractivity (Wildman–Crippen MR) is 80.2 cm³/mol. The molecule has 0 saturated carbocycles. The Morgan fingerprint density at radius 3 is 2.36 bits per heavy atom. The van der Waals surface area contributed by atoms with E-state index in [0.717, 1.165) is 29.5 Å². The third-order valence-corrected chi connectivity index (χ3v) is 3.50. The van der Waals surface area contributed by atoms with Gasteiger partial charge in [0.15, 0.2) is 0 Å². The number of benzene rings is 2. The topological polar surface area (TPSA) is 17.1 Å². The summed E-state index contributed by atoms with van der Waals surface area (Å²) in [7, 11) is 0. The fourth-order valence-electron chi connectivity index (χ4n) is 2.34. The molecule has 0 heterocycles. The molecule has 0 aliphatic rings. The first-order chi connectivity index (χ1) is 10.3. The van der Waals surface area contributed by atoms with Gasteiger partial charge in [-0.15, -0.1) is 0 Å². The van der Waals surface area contributed by atoms with E-state index in [1.54, 1.807) is 12.1 Å². The third-order valence-electron chi connectivity index (χ3n) is 3.50. The van der Waals surface area contributed by atoms with E-state index in [0.29, 0.717) is 17.5 Å². The normalized spacial score (nSPS) is 11.7. The molecule has 22 heavy (non-hydrogen) atoms. The van der Waals surface area contributed by atoms with E-state index in [9.17, 15) is 18.0 Å². The van der Waals surface area contributed by atoms with Gasteiger partial charge in [-0.2, -0.15) is 13.2 Å². The van der Waals surface area contributed by atoms with Crippen LogP contribution in [0.1, 0.15) is 52.4 Å². The van der Waals surface area contributed by atoms with Crippen molar-refractivity contribution >= 4 is 6.29 Å². The summed E-state index contributed by atoms with van der Waals surface area (Å²) in [4.78, 5) is 11.0. The molecule has 0 atom stereocenters. The Balaban J connectivity index is 2.34. The van der Waals surface area contributed by atoms with Crippen LogP contribution in [0.5, 0.6) is 0 Å². The molecule has 0 radical (unpaired) electrons. The molecule has 0 N–H and O–H groups in total. The van der Waals surface area contributed by atoms with Gasteiger partial charge < -0.3 is 0 Å². The molecule has 0 bridgehead atoms. The summed E-state index contributed by atoms with van der Waals surface area (Å²) in [6.45, 7) is 4.02. The number of carbonyl (C=O) groups is 1. The van der Waals surface area contributed by atoms with Gasteiger partial charge in [0.05, 0.1) is 5.56 Å². The van der Waals surface area contributed by atoms with E-state index in [2.05, 4.69) is 0 Å². The third kappa shape index (κ3) is 3.97. The molecule has 4 heteroatoms. The molecule has 0 amide bonds. The minimum atomic E-state index is -4.34. The Labute approximate surface area is 127 Å². The molecule has 0 spiro atoms. The van der Waals surface area contributed by atoms with Gasteiger partial charge in [0.25, 0.3) is 0 Å². The average molecular weight is 306 g/mol. The second-order valence-electron chi connectivity index (χ2n) is 5.66. The van der Waals surface area contributed by atoms with Crippen molar-refractivity contribution in [1.82, 2.24) is 0 Å². The van der Waals surface area contributed by atoms with Gasteiger partial charge in [0.1, 0.15) is 6.29 Å². The molecule has 0 aromatic heterocycles. The zero-order valence-electron chi connectivity index (χ0n) is 12.4. The van der Waals surface area contributed by atoms with Crippen molar-refractivity contribution in [2.75, 3.05) is 0 Å². The highest BCUT2D eigenvalue weighted by Gasteiger charge is 2.30. The van der Waals surface area contributed by atoms with Crippen LogP contribution in [-0.2, 0) is 12.6 Å². The highest BCUT2D eigenvalue weighted by atomic mass is 19.4. The van der Waals surface area contributed by atoms with Crippen molar-refractivity contribution in [1.29, 1.82) is 0 Å². The largest absolute Gasteiger partial charge is 0.416 e. The molecular formula is C18H17F3O. The first-order valence-corrected chi connectivity index (χ1v) is 7.05. The molecule has 0 saturated heterocycles. The molecule has 1 nitrogen and oxygen atoms in total. The van der Waals surface area contributed by atoms with Crippen molar-refractivity contribution in [3.05, 3.63) is 70.3 Å². The number of aldehydes is 1. The lowest BCUT2D eigenvalue weighted by Gasteiger charge is -2.12. The Kier molecular flexibility index (Phi) is 4.69. The summed E-state index contributed by atoms with van der Waals surface area (Å²) < 4.78 is 38.2. The van der Waals surface area contributed by atoms with Crippen LogP contribution >= 0.6 is 0 Å². The van der Waals surface area contributed by atoms with Crippen LogP contribution in [0.4, 0.5) is 13.2 Å². The van der Waals surface area contributed by atoms with E-state index >= 15 is 0 Å². The number of hydrogen-bond donors (Lipinski definition) is 0. The second-order valence-corrected chi connectivity index (χ2v) is 5.66. The molecular weight excluding hydrogens is 289 g/mol. The van der Waals surface area contributed by atoms with E-state index in [1.807, 2.05) is 26.0 Å². The van der Waals surface area contributed by atoms with Crippen molar-refractivity contribution in [2.24, 2.45) is 0 Å². The lowest BCUT2D eigenvalue weighted by atomic mass is 9.94. The molecule has 0 aliphatic carbocycles. The lowest BCUT2D eigenvalue weighted by Crippen LogP contribution is -2.05. The number of carbonyl (C=O) groups excluding carboxylic acids is 1. The fourth-order valence-corrected chi connectivity index (χ4v) is 2.34. The summed E-state index contributed by atoms with van der Waals surface area (Å²) in [5.74, 6) is 0.250. The molecule has 0 aliphatic heterocycles. The van der Waals surface area contributed by atoms with E-state index < -0.39 is 11.7 Å². The highest BCUT2D eigenvalue weighted by molar-refractivity contribution is 5.75. The first-order valence-electron chi connectivity index (χ1n) is 7.05. The first kappa shape index (κ1) is 16.3. The Morgan fingerprint density at radius 2 is 1.77 bits per heavy atom. The van der Waals surface area contributed by atoms with Gasteiger partial charge in [-0.3, -0.25) is 4.79 Å². The monoisotopic (exact) mass is 306 g/mol. The van der Waals surface area contributed by atoms with Crippen molar-refractivity contribution in [2.45, 2.75) is 32.4 Å². The van der Waals surface area contributed by atoms with Gasteiger partial charge in [-0.1, -0.05) is 38.1 Å². The van der Waals surface area contributed by atoms with Crippen molar-refractivity contribution in [3.8, 4) is 0 Å². The molecule has 116 valence electrons. The molecule has 2 rings (SSSR count). The summed E-state index contributed by atoms with van der Waals surface area (Å²) in [6.07, 6.45) is -3.21. The fraction of sp³-hybridized carbons (Fsp3) is 0.278. The summed E-state index contributed by atoms with van der Waals surface area (Å²) in [5.41, 5.74) is 2.32. The van der Waals surface area contributed by atoms with Gasteiger partial charge in [-0.05, 0) is 47.2 Å². The van der Waals surface area contributed by atoms with Crippen LogP contribution < -0.4 is 0 Å². The Hall–Kier alpha value is -2.10. The maximum atomic E-state index is 12.7. The molecule has 0 fully saturated rings. The summed E-state index contributed by atoms with van der Waals surface area (Å²) in [5, 5.41) is 0. The zero-order chi connectivity index (χ0) is 16.3. The Bertz CT molecular complexity index is 672. The standard InChI is InChI=1S/C18H17F3O/c1-12(2)16-8-14(7-15(9-16)11-22)6-13-4-3-5-17(10-13)18(19,20)21/h3-5,7-12H,6H2,1-2H3. The van der Waals surface area contributed by atoms with Crippen molar-refractivity contribution < 1.29 is 18.0 Å².